The quantitative estimate of drug-likeness (QED) is 0.849. The summed E-state index contributed by atoms with van der Waals surface area (Å²) in [6.45, 7) is 5.90. The Kier molecular flexibility index (Phi) is 6.42. The van der Waals surface area contributed by atoms with Gasteiger partial charge >= 0.3 is 0 Å². The third-order valence-electron chi connectivity index (χ3n) is 4.68. The fraction of sp³-hybridized carbons (Fsp3) is 0.400. The van der Waals surface area contributed by atoms with Crippen molar-refractivity contribution in [2.45, 2.75) is 26.0 Å². The topological polar surface area (TPSA) is 54.5 Å². The number of pyridine rings is 1. The number of aromatic nitrogens is 1. The number of ether oxygens (including phenoxy) is 1. The molecule has 2 heterocycles. The zero-order valence-corrected chi connectivity index (χ0v) is 16.2. The van der Waals surface area contributed by atoms with Crippen molar-refractivity contribution in [3.05, 3.63) is 64.2 Å². The summed E-state index contributed by atoms with van der Waals surface area (Å²) in [5.74, 6) is -0.626. The van der Waals surface area contributed by atoms with Crippen molar-refractivity contribution in [2.24, 2.45) is 0 Å². The SMILES string of the molecule is Cc1ccc(C(=O)NCC(c2c(F)cccc2Cl)N2CCOC(C)C2)cn1. The maximum Gasteiger partial charge on any atom is 0.252 e. The van der Waals surface area contributed by atoms with Crippen LogP contribution in [0, 0.1) is 12.7 Å². The molecule has 1 fully saturated rings. The summed E-state index contributed by atoms with van der Waals surface area (Å²) < 4.78 is 20.2. The van der Waals surface area contributed by atoms with Gasteiger partial charge in [-0.2, -0.15) is 0 Å². The Morgan fingerprint density at radius 1 is 1.44 bits per heavy atom. The summed E-state index contributed by atoms with van der Waals surface area (Å²) in [7, 11) is 0. The van der Waals surface area contributed by atoms with E-state index in [4.69, 9.17) is 16.3 Å². The predicted molar refractivity (Wildman–Crippen MR) is 102 cm³/mol. The van der Waals surface area contributed by atoms with Crippen molar-refractivity contribution in [1.29, 1.82) is 0 Å². The van der Waals surface area contributed by atoms with Crippen molar-refractivity contribution in [3.63, 3.8) is 0 Å². The molecule has 27 heavy (non-hydrogen) atoms. The minimum Gasteiger partial charge on any atom is -0.376 e. The molecule has 1 saturated heterocycles. The van der Waals surface area contributed by atoms with Crippen LogP contribution in [0.1, 0.15) is 34.6 Å². The van der Waals surface area contributed by atoms with Crippen LogP contribution in [-0.2, 0) is 4.74 Å². The number of hydrogen-bond acceptors (Lipinski definition) is 4. The summed E-state index contributed by atoms with van der Waals surface area (Å²) in [6, 6.07) is 7.76. The van der Waals surface area contributed by atoms with Crippen molar-refractivity contribution in [2.75, 3.05) is 26.2 Å². The highest BCUT2D eigenvalue weighted by atomic mass is 35.5. The molecule has 144 valence electrons. The molecule has 1 amide bonds. The number of morpholine rings is 1. The molecule has 1 aromatic heterocycles. The van der Waals surface area contributed by atoms with E-state index in [9.17, 15) is 9.18 Å². The average molecular weight is 392 g/mol. The first-order valence-corrected chi connectivity index (χ1v) is 9.34. The van der Waals surface area contributed by atoms with E-state index in [0.717, 1.165) is 5.69 Å². The van der Waals surface area contributed by atoms with E-state index in [1.807, 2.05) is 13.8 Å². The maximum atomic E-state index is 14.6. The highest BCUT2D eigenvalue weighted by Gasteiger charge is 2.29. The van der Waals surface area contributed by atoms with Gasteiger partial charge in [0.05, 0.1) is 24.3 Å². The monoisotopic (exact) mass is 391 g/mol. The normalized spacial score (nSPS) is 18.9. The second-order valence-corrected chi connectivity index (χ2v) is 7.13. The molecular formula is C20H23ClFN3O2. The summed E-state index contributed by atoms with van der Waals surface area (Å²) in [4.78, 5) is 18.7. The van der Waals surface area contributed by atoms with E-state index in [2.05, 4.69) is 15.2 Å². The summed E-state index contributed by atoms with van der Waals surface area (Å²) in [5, 5.41) is 3.25. The van der Waals surface area contributed by atoms with Gasteiger partial charge in [0.2, 0.25) is 0 Å². The number of carbonyl (C=O) groups excluding carboxylic acids is 1. The number of aryl methyl sites for hydroxylation is 1. The lowest BCUT2D eigenvalue weighted by Crippen LogP contribution is -2.47. The third-order valence-corrected chi connectivity index (χ3v) is 5.01. The molecule has 5 nitrogen and oxygen atoms in total. The molecule has 3 rings (SSSR count). The predicted octanol–water partition coefficient (Wildman–Crippen LogP) is 3.37. The van der Waals surface area contributed by atoms with Gasteiger partial charge in [-0.1, -0.05) is 17.7 Å². The van der Waals surface area contributed by atoms with Crippen LogP contribution in [0.2, 0.25) is 5.02 Å². The lowest BCUT2D eigenvalue weighted by atomic mass is 10.0. The van der Waals surface area contributed by atoms with Gasteiger partial charge in [0.25, 0.3) is 5.91 Å². The van der Waals surface area contributed by atoms with Crippen LogP contribution in [0.4, 0.5) is 4.39 Å². The Hall–Kier alpha value is -2.02. The molecule has 0 aliphatic carbocycles. The zero-order valence-electron chi connectivity index (χ0n) is 15.4. The van der Waals surface area contributed by atoms with Crippen LogP contribution < -0.4 is 5.32 Å². The Bertz CT molecular complexity index is 780. The third kappa shape index (κ3) is 4.83. The molecule has 2 atom stereocenters. The van der Waals surface area contributed by atoms with E-state index in [-0.39, 0.29) is 30.4 Å². The molecule has 1 N–H and O–H groups in total. The number of halogens is 2. The molecule has 7 heteroatoms. The number of hydrogen-bond donors (Lipinski definition) is 1. The minimum atomic E-state index is -0.382. The highest BCUT2D eigenvalue weighted by Crippen LogP contribution is 2.31. The molecule has 2 aromatic rings. The Morgan fingerprint density at radius 3 is 2.93 bits per heavy atom. The smallest absolute Gasteiger partial charge is 0.252 e. The molecule has 1 aliphatic heterocycles. The second kappa shape index (κ2) is 8.78. The van der Waals surface area contributed by atoms with Gasteiger partial charge in [0, 0.05) is 42.1 Å². The molecule has 0 radical (unpaired) electrons. The van der Waals surface area contributed by atoms with Crippen LogP contribution in [0.25, 0.3) is 0 Å². The van der Waals surface area contributed by atoms with E-state index in [1.54, 1.807) is 24.3 Å². The fourth-order valence-corrected chi connectivity index (χ4v) is 3.55. The number of rotatable bonds is 5. The summed E-state index contributed by atoms with van der Waals surface area (Å²) in [6.07, 6.45) is 1.57. The van der Waals surface area contributed by atoms with Gasteiger partial charge in [-0.25, -0.2) is 4.39 Å². The van der Waals surface area contributed by atoms with E-state index in [0.29, 0.717) is 35.8 Å². The molecule has 0 saturated carbocycles. The summed E-state index contributed by atoms with van der Waals surface area (Å²) in [5.41, 5.74) is 1.70. The largest absolute Gasteiger partial charge is 0.376 e. The van der Waals surface area contributed by atoms with Gasteiger partial charge in [0.1, 0.15) is 5.82 Å². The van der Waals surface area contributed by atoms with Crippen LogP contribution in [0.5, 0.6) is 0 Å². The second-order valence-electron chi connectivity index (χ2n) is 6.73. The van der Waals surface area contributed by atoms with Crippen molar-refractivity contribution in [1.82, 2.24) is 15.2 Å². The molecule has 2 unspecified atom stereocenters. The minimum absolute atomic E-state index is 0.0313. The molecule has 0 spiro atoms. The maximum absolute atomic E-state index is 14.6. The van der Waals surface area contributed by atoms with Gasteiger partial charge in [-0.15, -0.1) is 0 Å². The first-order chi connectivity index (χ1) is 13.0. The molecule has 0 bridgehead atoms. The van der Waals surface area contributed by atoms with Crippen LogP contribution in [0.15, 0.2) is 36.5 Å². The summed E-state index contributed by atoms with van der Waals surface area (Å²) >= 11 is 6.31. The Morgan fingerprint density at radius 2 is 2.26 bits per heavy atom. The standard InChI is InChI=1S/C20H23ClFN3O2/c1-13-6-7-15(10-23-13)20(26)24-11-18(25-8-9-27-14(2)12-25)19-16(21)4-3-5-17(19)22/h3-7,10,14,18H,8-9,11-12H2,1-2H3,(H,24,26). The van der Waals surface area contributed by atoms with E-state index < -0.39 is 0 Å². The lowest BCUT2D eigenvalue weighted by molar-refractivity contribution is -0.0346. The zero-order chi connectivity index (χ0) is 19.4. The van der Waals surface area contributed by atoms with Crippen LogP contribution >= 0.6 is 11.6 Å². The number of nitrogens with zero attached hydrogens (tertiary/aromatic N) is 2. The molecular weight excluding hydrogens is 369 g/mol. The first kappa shape index (κ1) is 19.7. The average Bonchev–Trinajstić information content (AvgIpc) is 2.64. The van der Waals surface area contributed by atoms with Crippen molar-refractivity contribution in [3.8, 4) is 0 Å². The van der Waals surface area contributed by atoms with Crippen molar-refractivity contribution < 1.29 is 13.9 Å². The van der Waals surface area contributed by atoms with Crippen molar-refractivity contribution >= 4 is 17.5 Å². The van der Waals surface area contributed by atoms with Gasteiger partial charge < -0.3 is 10.1 Å². The molecule has 1 aliphatic rings. The number of benzene rings is 1. The first-order valence-electron chi connectivity index (χ1n) is 8.96. The van der Waals surface area contributed by atoms with Gasteiger partial charge in [-0.05, 0) is 38.1 Å². The number of carbonyl (C=O) groups is 1. The number of amides is 1. The number of nitrogens with one attached hydrogen (secondary N) is 1. The lowest BCUT2D eigenvalue weighted by Gasteiger charge is -2.38. The van der Waals surface area contributed by atoms with Gasteiger partial charge in [0.15, 0.2) is 0 Å². The Labute approximate surface area is 163 Å². The van der Waals surface area contributed by atoms with Gasteiger partial charge in [-0.3, -0.25) is 14.7 Å². The van der Waals surface area contributed by atoms with E-state index in [1.165, 1.54) is 12.3 Å². The molecule has 1 aromatic carbocycles. The van der Waals surface area contributed by atoms with Crippen LogP contribution in [-0.4, -0.2) is 48.1 Å². The van der Waals surface area contributed by atoms with Crippen LogP contribution in [0.3, 0.4) is 0 Å². The fourth-order valence-electron chi connectivity index (χ4n) is 3.26. The Balaban J connectivity index is 1.81. The highest BCUT2D eigenvalue weighted by molar-refractivity contribution is 6.31. The van der Waals surface area contributed by atoms with E-state index >= 15 is 0 Å².